The molecule has 14 N–H and O–H groups in total. The van der Waals surface area contributed by atoms with Gasteiger partial charge in [0, 0.05) is 54.4 Å². The summed E-state index contributed by atoms with van der Waals surface area (Å²) >= 11 is 0. The van der Waals surface area contributed by atoms with Gasteiger partial charge in [0.05, 0.1) is 12.2 Å². The molecule has 71 heavy (non-hydrogen) atoms. The van der Waals surface area contributed by atoms with Gasteiger partial charge in [-0.2, -0.15) is 0 Å². The van der Waals surface area contributed by atoms with Gasteiger partial charge >= 0.3 is 5.97 Å². The van der Waals surface area contributed by atoms with Crippen LogP contribution in [0.5, 0.6) is 0 Å². The van der Waals surface area contributed by atoms with Crippen LogP contribution in [0.4, 0.5) is 0 Å². The minimum Gasteiger partial charge on any atom is -0.480 e. The monoisotopic (exact) mass is 987 g/mol. The first-order valence-electron chi connectivity index (χ1n) is 23.9. The number of nitrogens with one attached hydrogen (secondary N) is 9. The number of H-pyrrole nitrogens is 1. The first-order chi connectivity index (χ1) is 33.6. The molecular weight excluding hydrogens is 921 g/mol. The quantitative estimate of drug-likeness (QED) is 0.0444. The van der Waals surface area contributed by atoms with Crippen LogP contribution in [-0.2, 0) is 56.0 Å². The van der Waals surface area contributed by atoms with Gasteiger partial charge in [-0.15, -0.1) is 0 Å². The average molecular weight is 987 g/mol. The number of fused-ring (bicyclic) bond motifs is 13. The number of carboxylic acids is 1. The summed E-state index contributed by atoms with van der Waals surface area (Å²) in [6.45, 7) is 10.3. The summed E-state index contributed by atoms with van der Waals surface area (Å²) in [5.41, 5.74) is 12.8. The van der Waals surface area contributed by atoms with Crippen LogP contribution in [0.1, 0.15) is 96.4 Å². The van der Waals surface area contributed by atoms with Crippen LogP contribution >= 0.6 is 0 Å². The largest absolute Gasteiger partial charge is 0.480 e. The number of rotatable bonds is 11. The Morgan fingerprint density at radius 1 is 0.831 bits per heavy atom. The highest BCUT2D eigenvalue weighted by molar-refractivity contribution is 5.99. The van der Waals surface area contributed by atoms with Gasteiger partial charge in [-0.3, -0.25) is 47.9 Å². The van der Waals surface area contributed by atoms with Gasteiger partial charge < -0.3 is 64.1 Å². The van der Waals surface area contributed by atoms with Crippen LogP contribution < -0.4 is 54.0 Å². The highest BCUT2D eigenvalue weighted by Crippen LogP contribution is 2.35. The van der Waals surface area contributed by atoms with Crippen molar-refractivity contribution in [3.8, 4) is 5.82 Å². The first-order valence-corrected chi connectivity index (χ1v) is 23.9. The first kappa shape index (κ1) is 52.8. The number of amides is 8. The van der Waals surface area contributed by atoms with E-state index in [2.05, 4.69) is 57.5 Å². The molecule has 1 saturated heterocycles. The van der Waals surface area contributed by atoms with Gasteiger partial charge in [-0.05, 0) is 55.1 Å². The zero-order valence-corrected chi connectivity index (χ0v) is 40.7. The molecule has 6 heterocycles. The molecule has 0 radical (unpaired) electrons. The van der Waals surface area contributed by atoms with E-state index < -0.39 is 108 Å². The average Bonchev–Trinajstić information content (AvgIpc) is 4.04. The number of benzene rings is 1. The lowest BCUT2D eigenvalue weighted by Crippen LogP contribution is -2.61. The van der Waals surface area contributed by atoms with Gasteiger partial charge in [0.15, 0.2) is 5.96 Å². The Bertz CT molecular complexity index is 2560. The molecule has 7 rings (SSSR count). The predicted molar refractivity (Wildman–Crippen MR) is 258 cm³/mol. The summed E-state index contributed by atoms with van der Waals surface area (Å²) in [5.74, 6) is -8.44. The lowest BCUT2D eigenvalue weighted by Gasteiger charge is -2.33. The number of nitrogens with zero attached hydrogens (tertiary/aromatic N) is 3. The molecule has 1 aromatic carbocycles. The van der Waals surface area contributed by atoms with E-state index >= 15 is 0 Å². The summed E-state index contributed by atoms with van der Waals surface area (Å²) in [7, 11) is 0. The SMILES string of the molecule is CC(C)C[C@H]1NC(=O)[C@H](NC(=O)[C@H]2CCC(=O)N2)[C@H](C(C)C)c2ccc3c4c([nH]c3c2)-n2cnc(c2)C[C@H](C(=O)O)NC(=O)CNC(=O)[C@@H](CCCN=C(N)N)NC(=O)[C@H](C4)NC(=O)[C@@H](C(C)C)NC1=O. The fraction of sp³-hybridized carbons (Fsp3) is 0.553. The van der Waals surface area contributed by atoms with Crippen molar-refractivity contribution in [2.75, 3.05) is 13.1 Å². The summed E-state index contributed by atoms with van der Waals surface area (Å²) in [6, 6.07) is -3.50. The van der Waals surface area contributed by atoms with E-state index in [1.807, 2.05) is 27.7 Å². The number of carboxylic acid groups (broad SMARTS) is 1. The standard InChI is InChI=1S/C47H66N14O10/c1-21(2)14-31-43(67)59-37(23(5)6)44(68)58-32-17-27-26-10-9-24(36(22(3)4)38(45(69)57-31)60-41(65)29-11-12-34(62)53-29)15-30(26)55-39(27)61-19-25(52-20-61)16-33(46(70)71)54-35(63)18-51-40(64)28(56-42(32)66)8-7-13-50-47(48)49/h9-10,15,19-23,28-29,31-33,36-38,55H,7-8,11-14,16-18H2,1-6H3,(H,51,64)(H,53,62)(H,54,63)(H,56,66)(H,57,69)(H,58,68)(H,59,67)(H,60,65)(H,70,71)(H4,48,49,50)/t28-,29-,31-,32+,33-,36-,37-,38-/m1/s1. The number of carbonyl (C=O) groups excluding carboxylic acids is 8. The highest BCUT2D eigenvalue weighted by Gasteiger charge is 2.40. The van der Waals surface area contributed by atoms with Crippen molar-refractivity contribution in [3.63, 3.8) is 0 Å². The fourth-order valence-electron chi connectivity index (χ4n) is 9.25. The third-order valence-electron chi connectivity index (χ3n) is 12.8. The van der Waals surface area contributed by atoms with Crippen molar-refractivity contribution in [1.82, 2.24) is 57.1 Å². The molecule has 0 spiro atoms. The topological polar surface area (TPSA) is 368 Å². The third-order valence-corrected chi connectivity index (χ3v) is 12.8. The molecule has 8 amide bonds. The Labute approximate surface area is 409 Å². The number of imidazole rings is 1. The van der Waals surface area contributed by atoms with Crippen LogP contribution in [0.25, 0.3) is 16.7 Å². The number of aliphatic carboxylic acids is 1. The molecule has 0 aliphatic carbocycles. The molecule has 4 aliphatic rings. The van der Waals surface area contributed by atoms with Crippen molar-refractivity contribution in [2.24, 2.45) is 34.2 Å². The third kappa shape index (κ3) is 13.2. The number of hydrogen-bond acceptors (Lipinski definition) is 11. The second kappa shape index (κ2) is 22.9. The fourth-order valence-corrected chi connectivity index (χ4v) is 9.25. The molecule has 3 aromatic rings. The molecule has 7 bridgehead atoms. The van der Waals surface area contributed by atoms with Crippen LogP contribution in [0.3, 0.4) is 0 Å². The van der Waals surface area contributed by atoms with E-state index in [-0.39, 0.29) is 80.9 Å². The molecule has 24 nitrogen and oxygen atoms in total. The van der Waals surface area contributed by atoms with Crippen molar-refractivity contribution < 1.29 is 48.3 Å². The number of hydrogen-bond donors (Lipinski definition) is 12. The minimum absolute atomic E-state index is 0.0333. The molecule has 2 aromatic heterocycles. The molecule has 0 unspecified atom stereocenters. The molecule has 384 valence electrons. The maximum atomic E-state index is 14.8. The Kier molecular flexibility index (Phi) is 17.1. The maximum Gasteiger partial charge on any atom is 0.326 e. The molecule has 4 aliphatic heterocycles. The number of aromatic nitrogens is 3. The number of aliphatic imine (C=N–C) groups is 1. The second-order valence-electron chi connectivity index (χ2n) is 19.5. The van der Waals surface area contributed by atoms with Gasteiger partial charge in [0.25, 0.3) is 0 Å². The van der Waals surface area contributed by atoms with Crippen molar-refractivity contribution in [3.05, 3.63) is 47.5 Å². The molecule has 0 saturated carbocycles. The van der Waals surface area contributed by atoms with Crippen LogP contribution in [0.2, 0.25) is 0 Å². The smallest absolute Gasteiger partial charge is 0.326 e. The Morgan fingerprint density at radius 2 is 1.55 bits per heavy atom. The number of aromatic amines is 1. The zero-order valence-electron chi connectivity index (χ0n) is 40.7. The van der Waals surface area contributed by atoms with E-state index in [1.165, 1.54) is 6.33 Å². The summed E-state index contributed by atoms with van der Waals surface area (Å²) < 4.78 is 1.58. The lowest BCUT2D eigenvalue weighted by atomic mass is 9.81. The molecule has 24 heteroatoms. The van der Waals surface area contributed by atoms with E-state index in [4.69, 9.17) is 11.5 Å². The van der Waals surface area contributed by atoms with Crippen LogP contribution in [-0.4, -0.2) is 134 Å². The van der Waals surface area contributed by atoms with Gasteiger partial charge in [0.1, 0.15) is 54.4 Å². The summed E-state index contributed by atoms with van der Waals surface area (Å²) in [5, 5.41) is 32.4. The Morgan fingerprint density at radius 3 is 2.20 bits per heavy atom. The van der Waals surface area contributed by atoms with E-state index in [0.717, 1.165) is 0 Å². The van der Waals surface area contributed by atoms with Crippen molar-refractivity contribution >= 4 is 70.1 Å². The van der Waals surface area contributed by atoms with Gasteiger partial charge in [0.2, 0.25) is 47.3 Å². The van der Waals surface area contributed by atoms with Gasteiger partial charge in [-0.25, -0.2) is 9.78 Å². The summed E-state index contributed by atoms with van der Waals surface area (Å²) in [4.78, 5) is 136. The Hall–Kier alpha value is -7.53. The Balaban J connectivity index is 1.57. The van der Waals surface area contributed by atoms with E-state index in [9.17, 15) is 48.3 Å². The zero-order chi connectivity index (χ0) is 51.8. The van der Waals surface area contributed by atoms with Crippen molar-refractivity contribution in [1.29, 1.82) is 0 Å². The molecule has 1 fully saturated rings. The second-order valence-corrected chi connectivity index (χ2v) is 19.5. The number of nitrogens with two attached hydrogens (primary N) is 2. The maximum absolute atomic E-state index is 14.8. The number of guanidine groups is 1. The molecular formula is C47H66N14O10. The number of carbonyl (C=O) groups is 9. The predicted octanol–water partition coefficient (Wildman–Crippen LogP) is -1.65. The van der Waals surface area contributed by atoms with Crippen LogP contribution in [0, 0.1) is 17.8 Å². The normalized spacial score (nSPS) is 24.9. The van der Waals surface area contributed by atoms with Crippen LogP contribution in [0.15, 0.2) is 35.7 Å². The molecule has 8 atom stereocenters. The van der Waals surface area contributed by atoms with Crippen molar-refractivity contribution in [2.45, 2.75) is 135 Å². The summed E-state index contributed by atoms with van der Waals surface area (Å²) in [6.07, 6.45) is 3.13. The minimum atomic E-state index is -1.46. The van der Waals surface area contributed by atoms with E-state index in [0.29, 0.717) is 27.8 Å². The lowest BCUT2D eigenvalue weighted by molar-refractivity contribution is -0.141. The van der Waals surface area contributed by atoms with Gasteiger partial charge in [-0.1, -0.05) is 53.7 Å². The highest BCUT2D eigenvalue weighted by atomic mass is 16.4. The van der Waals surface area contributed by atoms with E-state index in [1.54, 1.807) is 42.8 Å².